The van der Waals surface area contributed by atoms with Crippen molar-refractivity contribution in [2.75, 3.05) is 13.7 Å². The molecule has 0 aromatic carbocycles. The van der Waals surface area contributed by atoms with Crippen molar-refractivity contribution in [3.05, 3.63) is 0 Å². The summed E-state index contributed by atoms with van der Waals surface area (Å²) in [6.07, 6.45) is 2.81. The van der Waals surface area contributed by atoms with E-state index >= 15 is 0 Å². The molecule has 1 saturated heterocycles. The predicted octanol–water partition coefficient (Wildman–Crippen LogP) is 0.301. The number of hydrogen-bond donors (Lipinski definition) is 1. The molecule has 1 N–H and O–H groups in total. The Hall–Kier alpha value is -0.570. The van der Waals surface area contributed by atoms with Gasteiger partial charge < -0.3 is 10.1 Å². The van der Waals surface area contributed by atoms with Gasteiger partial charge in [-0.15, -0.1) is 0 Å². The van der Waals surface area contributed by atoms with Gasteiger partial charge in [0.2, 0.25) is 0 Å². The number of esters is 1. The topological polar surface area (TPSA) is 38.3 Å². The lowest BCUT2D eigenvalue weighted by Gasteiger charge is -2.06. The van der Waals surface area contributed by atoms with E-state index in [0.717, 1.165) is 13.0 Å². The third-order valence-electron chi connectivity index (χ3n) is 1.80. The maximum atomic E-state index is 10.7. The Morgan fingerprint density at radius 2 is 2.60 bits per heavy atom. The molecule has 1 atom stereocenters. The number of carbonyl (C=O) groups excluding carboxylic acids is 1. The highest BCUT2D eigenvalue weighted by atomic mass is 16.5. The van der Waals surface area contributed by atoms with Crippen molar-refractivity contribution >= 4 is 5.97 Å². The summed E-state index contributed by atoms with van der Waals surface area (Å²) in [4.78, 5) is 10.7. The molecule has 0 amide bonds. The van der Waals surface area contributed by atoms with E-state index in [4.69, 9.17) is 0 Å². The average Bonchev–Trinajstić information content (AvgIpc) is 2.40. The lowest BCUT2D eigenvalue weighted by atomic mass is 10.2. The summed E-state index contributed by atoms with van der Waals surface area (Å²) in [6.45, 7) is 1.04. The zero-order valence-electron chi connectivity index (χ0n) is 6.22. The van der Waals surface area contributed by atoms with Gasteiger partial charge in [0.15, 0.2) is 0 Å². The van der Waals surface area contributed by atoms with Crippen LogP contribution in [0.15, 0.2) is 0 Å². The Bertz CT molecular complexity index is 119. The lowest BCUT2D eigenvalue weighted by molar-refractivity contribution is -0.141. The van der Waals surface area contributed by atoms with Gasteiger partial charge in [0.25, 0.3) is 0 Å². The molecule has 1 unspecified atom stereocenters. The van der Waals surface area contributed by atoms with Crippen LogP contribution in [0.3, 0.4) is 0 Å². The summed E-state index contributed by atoms with van der Waals surface area (Å²) in [5, 5.41) is 3.22. The quantitative estimate of drug-likeness (QED) is 0.565. The summed E-state index contributed by atoms with van der Waals surface area (Å²) in [5.74, 6) is -0.112. The largest absolute Gasteiger partial charge is 0.469 e. The molecule has 0 aliphatic carbocycles. The molecule has 1 rings (SSSR count). The van der Waals surface area contributed by atoms with Gasteiger partial charge in [0.1, 0.15) is 0 Å². The van der Waals surface area contributed by atoms with E-state index in [0.29, 0.717) is 12.5 Å². The fraction of sp³-hybridized carbons (Fsp3) is 0.857. The number of nitrogens with one attached hydrogen (secondary N) is 1. The first-order valence-electron chi connectivity index (χ1n) is 3.63. The smallest absolute Gasteiger partial charge is 0.307 e. The van der Waals surface area contributed by atoms with Gasteiger partial charge >= 0.3 is 5.97 Å². The van der Waals surface area contributed by atoms with Crippen LogP contribution in [0.1, 0.15) is 19.3 Å². The fourth-order valence-electron chi connectivity index (χ4n) is 1.22. The number of rotatable bonds is 2. The SMILES string of the molecule is COC(=O)CC1CCCN1. The Labute approximate surface area is 60.7 Å². The number of ether oxygens (including phenoxy) is 1. The average molecular weight is 143 g/mol. The standard InChI is InChI=1S/C7H13NO2/c1-10-7(9)5-6-3-2-4-8-6/h6,8H,2-5H2,1H3. The van der Waals surface area contributed by atoms with Crippen LogP contribution in [0.5, 0.6) is 0 Å². The second kappa shape index (κ2) is 3.56. The summed E-state index contributed by atoms with van der Waals surface area (Å²) < 4.78 is 4.53. The Kier molecular flexibility index (Phi) is 2.68. The van der Waals surface area contributed by atoms with Gasteiger partial charge in [0.05, 0.1) is 13.5 Å². The minimum Gasteiger partial charge on any atom is -0.469 e. The Balaban J connectivity index is 2.17. The number of methoxy groups -OCH3 is 1. The fourth-order valence-corrected chi connectivity index (χ4v) is 1.22. The first kappa shape index (κ1) is 7.54. The molecule has 3 heteroatoms. The molecular formula is C7H13NO2. The Morgan fingerprint density at radius 3 is 3.10 bits per heavy atom. The molecule has 0 aromatic heterocycles. The normalized spacial score (nSPS) is 24.7. The molecular weight excluding hydrogens is 130 g/mol. The van der Waals surface area contributed by atoms with Crippen molar-refractivity contribution in [3.8, 4) is 0 Å². The molecule has 1 aliphatic heterocycles. The predicted molar refractivity (Wildman–Crippen MR) is 37.7 cm³/mol. The highest BCUT2D eigenvalue weighted by molar-refractivity contribution is 5.69. The van der Waals surface area contributed by atoms with Gasteiger partial charge in [-0.25, -0.2) is 0 Å². The van der Waals surface area contributed by atoms with E-state index in [2.05, 4.69) is 10.1 Å². The summed E-state index contributed by atoms with van der Waals surface area (Å²) in [7, 11) is 1.43. The summed E-state index contributed by atoms with van der Waals surface area (Å²) in [6, 6.07) is 0.368. The number of hydrogen-bond acceptors (Lipinski definition) is 3. The van der Waals surface area contributed by atoms with Crippen LogP contribution in [0.4, 0.5) is 0 Å². The third kappa shape index (κ3) is 1.99. The van der Waals surface area contributed by atoms with E-state index in [9.17, 15) is 4.79 Å². The molecule has 0 aromatic rings. The van der Waals surface area contributed by atoms with E-state index in [-0.39, 0.29) is 5.97 Å². The van der Waals surface area contributed by atoms with Crippen LogP contribution >= 0.6 is 0 Å². The molecule has 10 heavy (non-hydrogen) atoms. The zero-order chi connectivity index (χ0) is 7.40. The molecule has 58 valence electrons. The molecule has 0 spiro atoms. The summed E-state index contributed by atoms with van der Waals surface area (Å²) in [5.41, 5.74) is 0. The number of carbonyl (C=O) groups is 1. The van der Waals surface area contributed by atoms with Gasteiger partial charge in [-0.3, -0.25) is 4.79 Å². The molecule has 1 heterocycles. The van der Waals surface area contributed by atoms with Gasteiger partial charge in [-0.1, -0.05) is 0 Å². The highest BCUT2D eigenvalue weighted by Crippen LogP contribution is 2.08. The maximum absolute atomic E-state index is 10.7. The molecule has 0 bridgehead atoms. The molecule has 1 aliphatic rings. The second-order valence-corrected chi connectivity index (χ2v) is 2.57. The summed E-state index contributed by atoms with van der Waals surface area (Å²) >= 11 is 0. The molecule has 3 nitrogen and oxygen atoms in total. The van der Waals surface area contributed by atoms with Crippen molar-refractivity contribution in [1.82, 2.24) is 5.32 Å². The van der Waals surface area contributed by atoms with E-state index in [1.807, 2.05) is 0 Å². The highest BCUT2D eigenvalue weighted by Gasteiger charge is 2.17. The van der Waals surface area contributed by atoms with Gasteiger partial charge in [-0.2, -0.15) is 0 Å². The van der Waals surface area contributed by atoms with Crippen LogP contribution < -0.4 is 5.32 Å². The van der Waals surface area contributed by atoms with Crippen LogP contribution in [-0.2, 0) is 9.53 Å². The molecule has 1 fully saturated rings. The first-order chi connectivity index (χ1) is 4.83. The second-order valence-electron chi connectivity index (χ2n) is 2.57. The third-order valence-corrected chi connectivity index (χ3v) is 1.80. The van der Waals surface area contributed by atoms with Crippen molar-refractivity contribution < 1.29 is 9.53 Å². The molecule has 0 saturated carbocycles. The Morgan fingerprint density at radius 1 is 1.80 bits per heavy atom. The van der Waals surface area contributed by atoms with Crippen molar-refractivity contribution in [2.24, 2.45) is 0 Å². The van der Waals surface area contributed by atoms with E-state index in [1.54, 1.807) is 0 Å². The van der Waals surface area contributed by atoms with Crippen molar-refractivity contribution in [3.63, 3.8) is 0 Å². The van der Waals surface area contributed by atoms with Crippen LogP contribution in [0, 0.1) is 0 Å². The van der Waals surface area contributed by atoms with Crippen molar-refractivity contribution in [1.29, 1.82) is 0 Å². The minimum absolute atomic E-state index is 0.112. The van der Waals surface area contributed by atoms with Crippen LogP contribution in [0.25, 0.3) is 0 Å². The maximum Gasteiger partial charge on any atom is 0.307 e. The van der Waals surface area contributed by atoms with Gasteiger partial charge in [0, 0.05) is 6.04 Å². The van der Waals surface area contributed by atoms with E-state index < -0.39 is 0 Å². The first-order valence-corrected chi connectivity index (χ1v) is 3.63. The van der Waals surface area contributed by atoms with Gasteiger partial charge in [-0.05, 0) is 19.4 Å². The minimum atomic E-state index is -0.112. The van der Waals surface area contributed by atoms with Crippen LogP contribution in [-0.4, -0.2) is 25.7 Å². The van der Waals surface area contributed by atoms with Crippen molar-refractivity contribution in [2.45, 2.75) is 25.3 Å². The van der Waals surface area contributed by atoms with Crippen LogP contribution in [0.2, 0.25) is 0 Å². The van der Waals surface area contributed by atoms with E-state index in [1.165, 1.54) is 13.5 Å². The monoisotopic (exact) mass is 143 g/mol. The lowest BCUT2D eigenvalue weighted by Crippen LogP contribution is -2.24. The molecule has 0 radical (unpaired) electrons. The zero-order valence-corrected chi connectivity index (χ0v) is 6.22.